The highest BCUT2D eigenvalue weighted by Crippen LogP contribution is 2.22. The molecule has 0 aliphatic heterocycles. The van der Waals surface area contributed by atoms with Crippen LogP contribution in [0, 0.1) is 5.82 Å². The summed E-state index contributed by atoms with van der Waals surface area (Å²) in [5.41, 5.74) is 0.901. The predicted molar refractivity (Wildman–Crippen MR) is 111 cm³/mol. The largest absolute Gasteiger partial charge is 0.394 e. The van der Waals surface area contributed by atoms with E-state index in [1.807, 2.05) is 6.92 Å². The molecule has 0 aliphatic rings. The first kappa shape index (κ1) is 21.0. The topological polar surface area (TPSA) is 94.5 Å². The summed E-state index contributed by atoms with van der Waals surface area (Å²) in [4.78, 5) is 17.0. The first-order valence-corrected chi connectivity index (χ1v) is 9.43. The average Bonchev–Trinajstić information content (AvgIpc) is 2.73. The Balaban J connectivity index is 1.82. The van der Waals surface area contributed by atoms with Gasteiger partial charge < -0.3 is 20.8 Å². The van der Waals surface area contributed by atoms with Crippen LogP contribution < -0.4 is 10.6 Å². The lowest BCUT2D eigenvalue weighted by atomic mass is 10.1. The molecule has 3 rings (SSSR count). The van der Waals surface area contributed by atoms with Crippen LogP contribution in [0.15, 0.2) is 48.7 Å². The number of aliphatic hydroxyl groups is 2. The minimum atomic E-state index is -0.726. The van der Waals surface area contributed by atoms with E-state index in [0.717, 1.165) is 10.8 Å². The Morgan fingerprint density at radius 3 is 2.62 bits per heavy atom. The third kappa shape index (κ3) is 5.00. The Labute approximate surface area is 172 Å². The summed E-state index contributed by atoms with van der Waals surface area (Å²) in [7, 11) is 0. The van der Waals surface area contributed by atoms with Crippen LogP contribution in [0.4, 0.5) is 10.2 Å². The molecule has 0 saturated heterocycles. The van der Waals surface area contributed by atoms with Gasteiger partial charge in [-0.2, -0.15) is 0 Å². The summed E-state index contributed by atoms with van der Waals surface area (Å²) in [6.45, 7) is 1.43. The van der Waals surface area contributed by atoms with Crippen LogP contribution in [0.2, 0.25) is 5.02 Å². The molecule has 2 aromatic carbocycles. The van der Waals surface area contributed by atoms with E-state index >= 15 is 0 Å². The standard InChI is InChI=1S/C21H21ClFN3O3/c1-12(10-27)25-20-8-16-6-14(2-3-15(16)9-24-20)21(29)26-19(11-28)13-4-5-18(23)17(22)7-13/h2-9,12,19,27-28H,10-11H2,1H3,(H,24,25)(H,26,29)/t12-,19+/m0/s1. The van der Waals surface area contributed by atoms with Gasteiger partial charge in [0.2, 0.25) is 0 Å². The van der Waals surface area contributed by atoms with Crippen LogP contribution in [-0.2, 0) is 0 Å². The average molecular weight is 418 g/mol. The molecule has 1 heterocycles. The zero-order valence-corrected chi connectivity index (χ0v) is 16.4. The summed E-state index contributed by atoms with van der Waals surface area (Å²) < 4.78 is 13.4. The number of hydrogen-bond acceptors (Lipinski definition) is 5. The number of carbonyl (C=O) groups is 1. The molecule has 29 heavy (non-hydrogen) atoms. The highest BCUT2D eigenvalue weighted by atomic mass is 35.5. The van der Waals surface area contributed by atoms with Crippen molar-refractivity contribution in [2.24, 2.45) is 0 Å². The molecule has 1 aromatic heterocycles. The maximum atomic E-state index is 13.4. The minimum Gasteiger partial charge on any atom is -0.394 e. The van der Waals surface area contributed by atoms with Crippen molar-refractivity contribution in [1.29, 1.82) is 0 Å². The fraction of sp³-hybridized carbons (Fsp3) is 0.238. The Morgan fingerprint density at radius 2 is 1.93 bits per heavy atom. The van der Waals surface area contributed by atoms with E-state index < -0.39 is 11.9 Å². The van der Waals surface area contributed by atoms with Gasteiger partial charge in [-0.1, -0.05) is 23.7 Å². The lowest BCUT2D eigenvalue weighted by Gasteiger charge is -2.17. The molecule has 4 N–H and O–H groups in total. The molecule has 6 nitrogen and oxygen atoms in total. The van der Waals surface area contributed by atoms with Crippen molar-refractivity contribution in [2.45, 2.75) is 19.0 Å². The fourth-order valence-corrected chi connectivity index (χ4v) is 3.05. The predicted octanol–water partition coefficient (Wildman–Crippen LogP) is 3.28. The van der Waals surface area contributed by atoms with E-state index in [1.165, 1.54) is 18.2 Å². The number of nitrogens with zero attached hydrogens (tertiary/aromatic N) is 1. The minimum absolute atomic E-state index is 0.0296. The number of pyridine rings is 1. The molecule has 0 unspecified atom stereocenters. The Morgan fingerprint density at radius 1 is 1.14 bits per heavy atom. The smallest absolute Gasteiger partial charge is 0.251 e. The number of carbonyl (C=O) groups excluding carboxylic acids is 1. The Kier molecular flexibility index (Phi) is 6.64. The Hall–Kier alpha value is -2.74. The number of nitrogens with one attached hydrogen (secondary N) is 2. The third-order valence-electron chi connectivity index (χ3n) is 4.49. The third-order valence-corrected chi connectivity index (χ3v) is 4.78. The molecule has 0 bridgehead atoms. The number of fused-ring (bicyclic) bond motifs is 1. The maximum Gasteiger partial charge on any atom is 0.251 e. The van der Waals surface area contributed by atoms with Crippen LogP contribution in [0.1, 0.15) is 28.9 Å². The molecule has 0 radical (unpaired) electrons. The summed E-state index contributed by atoms with van der Waals surface area (Å²) in [5.74, 6) is -0.367. The van der Waals surface area contributed by atoms with Crippen LogP contribution in [-0.4, -0.2) is 40.4 Å². The number of halogens is 2. The van der Waals surface area contributed by atoms with Gasteiger partial charge in [0.15, 0.2) is 0 Å². The second-order valence-electron chi connectivity index (χ2n) is 6.74. The van der Waals surface area contributed by atoms with Crippen molar-refractivity contribution in [3.8, 4) is 0 Å². The molecule has 1 amide bonds. The van der Waals surface area contributed by atoms with Crippen LogP contribution in [0.3, 0.4) is 0 Å². The van der Waals surface area contributed by atoms with Gasteiger partial charge in [0, 0.05) is 23.2 Å². The number of benzene rings is 2. The van der Waals surface area contributed by atoms with E-state index in [4.69, 9.17) is 16.7 Å². The quantitative estimate of drug-likeness (QED) is 0.473. The molecule has 2 atom stereocenters. The monoisotopic (exact) mass is 417 g/mol. The molecule has 8 heteroatoms. The van der Waals surface area contributed by atoms with Gasteiger partial charge in [-0.15, -0.1) is 0 Å². The molecular formula is C21H21ClFN3O3. The van der Waals surface area contributed by atoms with Crippen molar-refractivity contribution >= 4 is 34.1 Å². The van der Waals surface area contributed by atoms with Gasteiger partial charge in [0.05, 0.1) is 24.3 Å². The van der Waals surface area contributed by atoms with Gasteiger partial charge in [0.1, 0.15) is 11.6 Å². The zero-order valence-electron chi connectivity index (χ0n) is 15.7. The fourth-order valence-electron chi connectivity index (χ4n) is 2.86. The zero-order chi connectivity index (χ0) is 21.0. The van der Waals surface area contributed by atoms with Crippen molar-refractivity contribution in [3.63, 3.8) is 0 Å². The normalized spacial score (nSPS) is 13.1. The first-order valence-electron chi connectivity index (χ1n) is 9.05. The van der Waals surface area contributed by atoms with Crippen molar-refractivity contribution in [1.82, 2.24) is 10.3 Å². The van der Waals surface area contributed by atoms with Crippen molar-refractivity contribution in [2.75, 3.05) is 18.5 Å². The Bertz CT molecular complexity index is 1030. The first-order chi connectivity index (χ1) is 13.9. The van der Waals surface area contributed by atoms with Gasteiger partial charge in [-0.3, -0.25) is 4.79 Å². The molecular weight excluding hydrogens is 397 g/mol. The second kappa shape index (κ2) is 9.17. The summed E-state index contributed by atoms with van der Waals surface area (Å²) in [6.07, 6.45) is 1.68. The number of aromatic nitrogens is 1. The highest BCUT2D eigenvalue weighted by molar-refractivity contribution is 6.30. The van der Waals surface area contributed by atoms with Crippen molar-refractivity contribution < 1.29 is 19.4 Å². The van der Waals surface area contributed by atoms with Gasteiger partial charge in [-0.25, -0.2) is 9.37 Å². The van der Waals surface area contributed by atoms with E-state index in [0.29, 0.717) is 16.9 Å². The van der Waals surface area contributed by atoms with E-state index in [-0.39, 0.29) is 30.2 Å². The van der Waals surface area contributed by atoms with E-state index in [9.17, 15) is 14.3 Å². The number of rotatable bonds is 7. The maximum absolute atomic E-state index is 13.4. The number of anilines is 1. The number of amides is 1. The summed E-state index contributed by atoms with van der Waals surface area (Å²) in [5, 5.41) is 26.2. The summed E-state index contributed by atoms with van der Waals surface area (Å²) in [6, 6.07) is 10.1. The lowest BCUT2D eigenvalue weighted by molar-refractivity contribution is 0.0916. The van der Waals surface area contributed by atoms with Crippen LogP contribution in [0.25, 0.3) is 10.8 Å². The second-order valence-corrected chi connectivity index (χ2v) is 7.15. The van der Waals surface area contributed by atoms with Crippen LogP contribution in [0.5, 0.6) is 0 Å². The van der Waals surface area contributed by atoms with Crippen molar-refractivity contribution in [3.05, 3.63) is 70.6 Å². The molecule has 0 aliphatic carbocycles. The lowest BCUT2D eigenvalue weighted by Crippen LogP contribution is -2.30. The SMILES string of the molecule is C[C@@H](CO)Nc1cc2cc(C(=O)N[C@H](CO)c3ccc(F)c(Cl)c3)ccc2cn1. The molecule has 0 saturated carbocycles. The highest BCUT2D eigenvalue weighted by Gasteiger charge is 2.17. The molecule has 152 valence electrons. The van der Waals surface area contributed by atoms with Crippen LogP contribution >= 0.6 is 11.6 Å². The summed E-state index contributed by atoms with van der Waals surface area (Å²) >= 11 is 5.80. The van der Waals surface area contributed by atoms with E-state index in [1.54, 1.807) is 30.5 Å². The molecule has 0 spiro atoms. The van der Waals surface area contributed by atoms with Gasteiger partial charge in [-0.05, 0) is 48.2 Å². The molecule has 3 aromatic rings. The number of hydrogen-bond donors (Lipinski definition) is 4. The van der Waals surface area contributed by atoms with E-state index in [2.05, 4.69) is 15.6 Å². The molecule has 0 fully saturated rings. The van der Waals surface area contributed by atoms with Gasteiger partial charge >= 0.3 is 0 Å². The number of aliphatic hydroxyl groups excluding tert-OH is 2. The van der Waals surface area contributed by atoms with Gasteiger partial charge in [0.25, 0.3) is 5.91 Å².